The minimum Gasteiger partial charge on any atom is -0.352 e. The zero-order valence-corrected chi connectivity index (χ0v) is 15.4. The summed E-state index contributed by atoms with van der Waals surface area (Å²) in [5.74, 6) is 0.874. The van der Waals surface area contributed by atoms with Gasteiger partial charge in [0.25, 0.3) is 0 Å². The number of nitrogens with zero attached hydrogens (tertiary/aromatic N) is 4. The third kappa shape index (κ3) is 3.53. The molecule has 1 saturated carbocycles. The summed E-state index contributed by atoms with van der Waals surface area (Å²) >= 11 is 0. The van der Waals surface area contributed by atoms with Crippen LogP contribution >= 0.6 is 0 Å². The number of nitrogens with one attached hydrogen (secondary N) is 2. The Morgan fingerprint density at radius 2 is 1.92 bits per heavy atom. The fourth-order valence-corrected chi connectivity index (χ4v) is 3.90. The molecule has 3 heterocycles. The Labute approximate surface area is 153 Å². The van der Waals surface area contributed by atoms with Crippen molar-refractivity contribution in [3.05, 3.63) is 17.8 Å². The molecule has 2 N–H and O–H groups in total. The van der Waals surface area contributed by atoms with Crippen LogP contribution in [0, 0.1) is 11.7 Å². The SMILES string of the molecule is CC(C)c1ncnc(N2CCN(C3NC(=O)CC(C4CC4)N3)CC2)c1F. The third-order valence-corrected chi connectivity index (χ3v) is 5.59. The lowest BCUT2D eigenvalue weighted by Crippen LogP contribution is -2.67. The zero-order chi connectivity index (χ0) is 18.3. The maximum absolute atomic E-state index is 14.7. The molecule has 1 amide bonds. The first-order valence-corrected chi connectivity index (χ1v) is 9.57. The molecule has 2 saturated heterocycles. The Bertz CT molecular complexity index is 672. The molecule has 2 atom stereocenters. The largest absolute Gasteiger partial charge is 0.352 e. The standard InChI is InChI=1S/C18H27FN6O/c1-11(2)16-15(19)17(21-10-20-16)24-5-7-25(8-6-24)18-22-13(12-3-4-12)9-14(26)23-18/h10-13,18,22H,3-9H2,1-2H3,(H,23,26). The molecular formula is C18H27FN6O. The predicted molar refractivity (Wildman–Crippen MR) is 96.1 cm³/mol. The number of hydrogen-bond acceptors (Lipinski definition) is 6. The van der Waals surface area contributed by atoms with Gasteiger partial charge in [0.2, 0.25) is 5.91 Å². The Morgan fingerprint density at radius 1 is 1.19 bits per heavy atom. The van der Waals surface area contributed by atoms with Gasteiger partial charge in [-0.05, 0) is 24.7 Å². The summed E-state index contributed by atoms with van der Waals surface area (Å²) in [5.41, 5.74) is 0.464. The molecule has 8 heteroatoms. The molecule has 0 bridgehead atoms. The van der Waals surface area contributed by atoms with E-state index in [1.165, 1.54) is 19.2 Å². The topological polar surface area (TPSA) is 73.4 Å². The molecule has 0 radical (unpaired) electrons. The summed E-state index contributed by atoms with van der Waals surface area (Å²) in [6.07, 6.45) is 4.34. The average molecular weight is 362 g/mol. The first kappa shape index (κ1) is 17.6. The predicted octanol–water partition coefficient (Wildman–Crippen LogP) is 1.03. The van der Waals surface area contributed by atoms with Crippen LogP contribution in [0.2, 0.25) is 0 Å². The second kappa shape index (κ2) is 7.08. The molecule has 7 nitrogen and oxygen atoms in total. The van der Waals surface area contributed by atoms with Crippen LogP contribution < -0.4 is 15.5 Å². The fourth-order valence-electron chi connectivity index (χ4n) is 3.90. The highest BCUT2D eigenvalue weighted by molar-refractivity contribution is 5.77. The van der Waals surface area contributed by atoms with E-state index in [4.69, 9.17) is 0 Å². The van der Waals surface area contributed by atoms with E-state index in [9.17, 15) is 9.18 Å². The Balaban J connectivity index is 1.40. The highest BCUT2D eigenvalue weighted by Crippen LogP contribution is 2.35. The van der Waals surface area contributed by atoms with Crippen LogP contribution in [0.4, 0.5) is 10.2 Å². The molecule has 1 aliphatic carbocycles. The normalized spacial score (nSPS) is 27.7. The minimum atomic E-state index is -0.311. The number of halogens is 1. The lowest BCUT2D eigenvalue weighted by molar-refractivity contribution is -0.127. The van der Waals surface area contributed by atoms with Gasteiger partial charge in [-0.25, -0.2) is 14.4 Å². The lowest BCUT2D eigenvalue weighted by atomic mass is 10.1. The van der Waals surface area contributed by atoms with Crippen LogP contribution in [0.15, 0.2) is 6.33 Å². The summed E-state index contributed by atoms with van der Waals surface area (Å²) in [6.45, 7) is 6.70. The van der Waals surface area contributed by atoms with E-state index < -0.39 is 0 Å². The summed E-state index contributed by atoms with van der Waals surface area (Å²) in [6, 6.07) is 0.291. The van der Waals surface area contributed by atoms with Gasteiger partial charge in [0.1, 0.15) is 12.6 Å². The van der Waals surface area contributed by atoms with E-state index in [1.807, 2.05) is 18.7 Å². The fraction of sp³-hybridized carbons (Fsp3) is 0.722. The van der Waals surface area contributed by atoms with Gasteiger partial charge in [-0.3, -0.25) is 15.0 Å². The molecule has 142 valence electrons. The third-order valence-electron chi connectivity index (χ3n) is 5.59. The van der Waals surface area contributed by atoms with Crippen LogP contribution in [-0.4, -0.2) is 59.3 Å². The first-order chi connectivity index (χ1) is 12.5. The van der Waals surface area contributed by atoms with Crippen molar-refractivity contribution in [3.63, 3.8) is 0 Å². The van der Waals surface area contributed by atoms with E-state index in [0.29, 0.717) is 43.0 Å². The first-order valence-electron chi connectivity index (χ1n) is 9.57. The van der Waals surface area contributed by atoms with Crippen molar-refractivity contribution in [1.29, 1.82) is 0 Å². The van der Waals surface area contributed by atoms with Gasteiger partial charge in [0.05, 0.1) is 5.69 Å². The monoisotopic (exact) mass is 362 g/mol. The molecule has 2 aliphatic heterocycles. The van der Waals surface area contributed by atoms with Gasteiger partial charge < -0.3 is 10.2 Å². The molecule has 2 unspecified atom stereocenters. The molecule has 3 aliphatic rings. The zero-order valence-electron chi connectivity index (χ0n) is 15.4. The summed E-state index contributed by atoms with van der Waals surface area (Å²) in [5, 5.41) is 6.63. The molecule has 0 aromatic carbocycles. The van der Waals surface area contributed by atoms with Crippen molar-refractivity contribution in [2.75, 3.05) is 31.1 Å². The highest BCUT2D eigenvalue weighted by Gasteiger charge is 2.39. The van der Waals surface area contributed by atoms with Gasteiger partial charge in [-0.15, -0.1) is 0 Å². The summed E-state index contributed by atoms with van der Waals surface area (Å²) < 4.78 is 14.7. The summed E-state index contributed by atoms with van der Waals surface area (Å²) in [4.78, 5) is 24.5. The number of carbonyl (C=O) groups excluding carboxylic acids is 1. The van der Waals surface area contributed by atoms with E-state index >= 15 is 0 Å². The van der Waals surface area contributed by atoms with Crippen molar-refractivity contribution >= 4 is 11.7 Å². The average Bonchev–Trinajstić information content (AvgIpc) is 3.46. The molecular weight excluding hydrogens is 335 g/mol. The van der Waals surface area contributed by atoms with Crippen molar-refractivity contribution in [1.82, 2.24) is 25.5 Å². The van der Waals surface area contributed by atoms with Crippen molar-refractivity contribution in [3.8, 4) is 0 Å². The molecule has 1 aromatic heterocycles. The van der Waals surface area contributed by atoms with E-state index in [1.54, 1.807) is 0 Å². The molecule has 0 spiro atoms. The number of aromatic nitrogens is 2. The smallest absolute Gasteiger partial charge is 0.223 e. The lowest BCUT2D eigenvalue weighted by Gasteiger charge is -2.43. The van der Waals surface area contributed by atoms with E-state index in [2.05, 4.69) is 25.5 Å². The second-order valence-electron chi connectivity index (χ2n) is 7.86. The van der Waals surface area contributed by atoms with Crippen molar-refractivity contribution in [2.24, 2.45) is 5.92 Å². The van der Waals surface area contributed by atoms with Crippen LogP contribution in [0.5, 0.6) is 0 Å². The number of hydrogen-bond donors (Lipinski definition) is 2. The Kier molecular flexibility index (Phi) is 4.79. The number of anilines is 1. The van der Waals surface area contributed by atoms with Gasteiger partial charge in [-0.1, -0.05) is 13.8 Å². The highest BCUT2D eigenvalue weighted by atomic mass is 19.1. The van der Waals surface area contributed by atoms with E-state index in [-0.39, 0.29) is 23.9 Å². The van der Waals surface area contributed by atoms with Crippen LogP contribution in [-0.2, 0) is 4.79 Å². The van der Waals surface area contributed by atoms with Crippen molar-refractivity contribution < 1.29 is 9.18 Å². The second-order valence-corrected chi connectivity index (χ2v) is 7.86. The minimum absolute atomic E-state index is 0.0269. The van der Waals surface area contributed by atoms with Crippen LogP contribution in [0.1, 0.15) is 44.7 Å². The van der Waals surface area contributed by atoms with Gasteiger partial charge in [0.15, 0.2) is 11.6 Å². The number of rotatable bonds is 4. The molecule has 3 fully saturated rings. The number of carbonyl (C=O) groups is 1. The van der Waals surface area contributed by atoms with Crippen LogP contribution in [0.3, 0.4) is 0 Å². The van der Waals surface area contributed by atoms with Crippen LogP contribution in [0.25, 0.3) is 0 Å². The Hall–Kier alpha value is -1.80. The molecule has 1 aromatic rings. The van der Waals surface area contributed by atoms with Gasteiger partial charge in [-0.2, -0.15) is 0 Å². The van der Waals surface area contributed by atoms with Gasteiger partial charge in [0, 0.05) is 38.6 Å². The maximum Gasteiger partial charge on any atom is 0.223 e. The maximum atomic E-state index is 14.7. The number of amides is 1. The van der Waals surface area contributed by atoms with Gasteiger partial charge >= 0.3 is 0 Å². The quantitative estimate of drug-likeness (QED) is 0.834. The van der Waals surface area contributed by atoms with Crippen molar-refractivity contribution in [2.45, 2.75) is 51.4 Å². The van der Waals surface area contributed by atoms with E-state index in [0.717, 1.165) is 13.1 Å². The molecule has 26 heavy (non-hydrogen) atoms. The summed E-state index contributed by atoms with van der Waals surface area (Å²) in [7, 11) is 0. The Morgan fingerprint density at radius 3 is 2.58 bits per heavy atom. The molecule has 4 rings (SSSR count). The number of piperazine rings is 1.